The molecule has 0 unspecified atom stereocenters. The van der Waals surface area contributed by atoms with Crippen molar-refractivity contribution in [2.45, 2.75) is 49.9 Å². The molecule has 0 aromatic carbocycles. The summed E-state index contributed by atoms with van der Waals surface area (Å²) in [6, 6.07) is 0. The first-order valence-corrected chi connectivity index (χ1v) is 9.49. The summed E-state index contributed by atoms with van der Waals surface area (Å²) in [5, 5.41) is 28.8. The maximum Gasteiger partial charge on any atom is 0.309 e. The number of hydrogen-bond donors (Lipinski definition) is 3. The molecular formula is C15H25NO6S2. The molecule has 4 atom stereocenters. The van der Waals surface area contributed by atoms with Crippen LogP contribution in [0.25, 0.3) is 0 Å². The molecule has 0 aromatic heterocycles. The lowest BCUT2D eigenvalue weighted by atomic mass is 9.97. The fourth-order valence-corrected chi connectivity index (χ4v) is 4.44. The highest BCUT2D eigenvalue weighted by molar-refractivity contribution is 8.23. The maximum atomic E-state index is 11.8. The number of ether oxygens (including phenoxy) is 2. The van der Waals surface area contributed by atoms with Gasteiger partial charge in [0, 0.05) is 19.5 Å². The lowest BCUT2D eigenvalue weighted by Crippen LogP contribution is -2.49. The number of esters is 1. The molecule has 0 saturated carbocycles. The van der Waals surface area contributed by atoms with Gasteiger partial charge in [0.25, 0.3) is 0 Å². The largest absolute Gasteiger partial charge is 0.466 e. The average Bonchev–Trinajstić information content (AvgIpc) is 2.58. The number of carbonyl (C=O) groups is 1. The van der Waals surface area contributed by atoms with Crippen LogP contribution in [0.2, 0.25) is 0 Å². The van der Waals surface area contributed by atoms with Gasteiger partial charge in [0.05, 0.1) is 25.2 Å². The number of piperidine rings is 1. The predicted molar refractivity (Wildman–Crippen MR) is 93.5 cm³/mol. The van der Waals surface area contributed by atoms with Gasteiger partial charge in [-0.2, -0.15) is 0 Å². The van der Waals surface area contributed by atoms with Crippen molar-refractivity contribution in [1.29, 1.82) is 0 Å². The molecule has 0 aromatic rings. The van der Waals surface area contributed by atoms with Crippen molar-refractivity contribution in [2.75, 3.05) is 26.3 Å². The number of thioether (sulfide) groups is 1. The third-order valence-electron chi connectivity index (χ3n) is 4.32. The molecule has 24 heavy (non-hydrogen) atoms. The van der Waals surface area contributed by atoms with Gasteiger partial charge in [-0.1, -0.05) is 24.0 Å². The van der Waals surface area contributed by atoms with Crippen LogP contribution in [0, 0.1) is 5.92 Å². The van der Waals surface area contributed by atoms with Gasteiger partial charge in [0.1, 0.15) is 22.0 Å². The van der Waals surface area contributed by atoms with E-state index in [1.165, 1.54) is 11.8 Å². The minimum absolute atomic E-state index is 0.0735. The number of carbonyl (C=O) groups excluding carboxylic acids is 1. The third-order valence-corrected chi connectivity index (χ3v) is 5.89. The summed E-state index contributed by atoms with van der Waals surface area (Å²) < 4.78 is 11.3. The molecule has 9 heteroatoms. The molecule has 2 saturated heterocycles. The summed E-state index contributed by atoms with van der Waals surface area (Å²) in [6.07, 6.45) is -1.17. The normalized spacial score (nSPS) is 31.8. The molecule has 2 fully saturated rings. The van der Waals surface area contributed by atoms with Gasteiger partial charge in [-0.3, -0.25) is 4.79 Å². The number of thiocarbonyl (C=S) groups is 1. The fourth-order valence-electron chi connectivity index (χ4n) is 2.89. The monoisotopic (exact) mass is 379 g/mol. The highest BCUT2D eigenvalue weighted by Crippen LogP contribution is 2.31. The number of nitrogens with zero attached hydrogens (tertiary/aromatic N) is 1. The van der Waals surface area contributed by atoms with Crippen LogP contribution in [0.15, 0.2) is 0 Å². The van der Waals surface area contributed by atoms with E-state index in [1.54, 1.807) is 6.92 Å². The zero-order chi connectivity index (χ0) is 17.7. The first kappa shape index (κ1) is 19.9. The van der Waals surface area contributed by atoms with E-state index in [-0.39, 0.29) is 24.9 Å². The zero-order valence-electron chi connectivity index (χ0n) is 13.7. The molecule has 7 nitrogen and oxygen atoms in total. The Morgan fingerprint density at radius 2 is 2.04 bits per heavy atom. The van der Waals surface area contributed by atoms with Gasteiger partial charge in [-0.25, -0.2) is 0 Å². The van der Waals surface area contributed by atoms with Gasteiger partial charge < -0.3 is 29.7 Å². The van der Waals surface area contributed by atoms with E-state index in [0.29, 0.717) is 36.9 Å². The Morgan fingerprint density at radius 1 is 1.38 bits per heavy atom. The van der Waals surface area contributed by atoms with Crippen molar-refractivity contribution in [3.05, 3.63) is 0 Å². The van der Waals surface area contributed by atoms with E-state index in [1.807, 2.05) is 4.90 Å². The molecule has 138 valence electrons. The first-order valence-electron chi connectivity index (χ1n) is 8.20. The van der Waals surface area contributed by atoms with Gasteiger partial charge in [-0.15, -0.1) is 0 Å². The van der Waals surface area contributed by atoms with E-state index < -0.39 is 23.7 Å². The highest BCUT2D eigenvalue weighted by Gasteiger charge is 2.38. The van der Waals surface area contributed by atoms with Crippen LogP contribution in [0.5, 0.6) is 0 Å². The Bertz CT molecular complexity index is 444. The fraction of sp³-hybridized carbons (Fsp3) is 0.867. The number of likely N-dealkylation sites (tertiary alicyclic amines) is 1. The number of aliphatic hydroxyl groups excluding tert-OH is 3. The third kappa shape index (κ3) is 5.03. The van der Waals surface area contributed by atoms with Gasteiger partial charge in [-0.05, 0) is 19.8 Å². The summed E-state index contributed by atoms with van der Waals surface area (Å²) in [4.78, 5) is 13.8. The molecule has 2 heterocycles. The van der Waals surface area contributed by atoms with E-state index in [0.717, 1.165) is 0 Å². The molecule has 2 aliphatic heterocycles. The van der Waals surface area contributed by atoms with Crippen LogP contribution < -0.4 is 0 Å². The van der Waals surface area contributed by atoms with Crippen LogP contribution in [0.4, 0.5) is 0 Å². The number of hydrogen-bond acceptors (Lipinski definition) is 8. The van der Waals surface area contributed by atoms with E-state index in [9.17, 15) is 20.1 Å². The molecule has 0 aliphatic carbocycles. The summed E-state index contributed by atoms with van der Waals surface area (Å²) >= 11 is 6.75. The average molecular weight is 380 g/mol. The quantitative estimate of drug-likeness (QED) is 0.464. The molecule has 2 rings (SSSR count). The maximum absolute atomic E-state index is 11.8. The van der Waals surface area contributed by atoms with E-state index in [4.69, 9.17) is 21.7 Å². The Kier molecular flexibility index (Phi) is 7.70. The molecule has 0 amide bonds. The van der Waals surface area contributed by atoms with Crippen LogP contribution in [0.3, 0.4) is 0 Å². The van der Waals surface area contributed by atoms with E-state index >= 15 is 0 Å². The summed E-state index contributed by atoms with van der Waals surface area (Å²) in [5.74, 6) is -0.218. The van der Waals surface area contributed by atoms with Gasteiger partial charge in [0.2, 0.25) is 0 Å². The second-order valence-electron chi connectivity index (χ2n) is 5.98. The van der Waals surface area contributed by atoms with Crippen molar-refractivity contribution in [2.24, 2.45) is 5.92 Å². The van der Waals surface area contributed by atoms with Crippen LogP contribution in [-0.4, -0.2) is 80.6 Å². The zero-order valence-corrected chi connectivity index (χ0v) is 15.3. The van der Waals surface area contributed by atoms with E-state index in [2.05, 4.69) is 0 Å². The first-order chi connectivity index (χ1) is 11.5. The van der Waals surface area contributed by atoms with Crippen LogP contribution >= 0.6 is 24.0 Å². The molecule has 0 radical (unpaired) electrons. The minimum Gasteiger partial charge on any atom is -0.466 e. The molecule has 3 N–H and O–H groups in total. The van der Waals surface area contributed by atoms with Crippen molar-refractivity contribution < 1.29 is 29.6 Å². The van der Waals surface area contributed by atoms with Gasteiger partial charge in [0.15, 0.2) is 0 Å². The summed E-state index contributed by atoms with van der Waals surface area (Å²) in [5.41, 5.74) is -0.407. The summed E-state index contributed by atoms with van der Waals surface area (Å²) in [6.45, 7) is 3.20. The Morgan fingerprint density at radius 3 is 2.62 bits per heavy atom. The van der Waals surface area contributed by atoms with Gasteiger partial charge >= 0.3 is 5.97 Å². The predicted octanol–water partition coefficient (Wildman–Crippen LogP) is 0.109. The Hall–Kier alpha value is -0.450. The smallest absolute Gasteiger partial charge is 0.309 e. The number of rotatable bonds is 4. The van der Waals surface area contributed by atoms with Crippen molar-refractivity contribution in [1.82, 2.24) is 4.90 Å². The number of aliphatic hydroxyl groups is 3. The minimum atomic E-state index is -1.08. The van der Waals surface area contributed by atoms with Crippen LogP contribution in [-0.2, 0) is 14.3 Å². The van der Waals surface area contributed by atoms with Crippen molar-refractivity contribution in [3.8, 4) is 0 Å². The lowest BCUT2D eigenvalue weighted by Gasteiger charge is -2.38. The Labute approximate surface area is 151 Å². The lowest BCUT2D eigenvalue weighted by molar-refractivity contribution is -0.156. The van der Waals surface area contributed by atoms with Crippen molar-refractivity contribution in [3.63, 3.8) is 0 Å². The highest BCUT2D eigenvalue weighted by atomic mass is 32.2. The second-order valence-corrected chi connectivity index (χ2v) is 7.77. The van der Waals surface area contributed by atoms with Crippen molar-refractivity contribution >= 4 is 34.3 Å². The topological polar surface area (TPSA) is 99.5 Å². The SMILES string of the molecule is CCOC(=O)C1CCN(C(=S)S[C@H]2C[C@@H](O)[C@@H](O)[C@@H](CO)O2)CC1. The molecule has 0 spiro atoms. The Balaban J connectivity index is 1.80. The molecule has 0 bridgehead atoms. The van der Waals surface area contributed by atoms with Crippen LogP contribution in [0.1, 0.15) is 26.2 Å². The molecular weight excluding hydrogens is 354 g/mol. The molecule has 2 aliphatic rings. The summed E-state index contributed by atoms with van der Waals surface area (Å²) in [7, 11) is 0. The standard InChI is InChI=1S/C15H25NO6S2/c1-2-21-14(20)9-3-5-16(6-4-9)15(23)24-12-7-10(18)13(19)11(8-17)22-12/h9-13,17-19H,2-8H2,1H3/t10-,11-,12+,13-/m1/s1. The second kappa shape index (κ2) is 9.30.